The van der Waals surface area contributed by atoms with Crippen molar-refractivity contribution in [3.05, 3.63) is 70.8 Å². The Kier molecular flexibility index (Phi) is 7.08. The van der Waals surface area contributed by atoms with E-state index in [0.29, 0.717) is 17.0 Å². The summed E-state index contributed by atoms with van der Waals surface area (Å²) in [5, 5.41) is 0.495. The highest BCUT2D eigenvalue weighted by Gasteiger charge is 2.31. The molecular weight excluding hydrogens is 367 g/mol. The van der Waals surface area contributed by atoms with Crippen LogP contribution in [0, 0.1) is 0 Å². The molecule has 7 heteroatoms. The molecule has 2 aromatic rings. The van der Waals surface area contributed by atoms with Crippen LogP contribution >= 0.6 is 11.6 Å². The minimum Gasteiger partial charge on any atom is -0.467 e. The molecule has 0 amide bonds. The Morgan fingerprint density at radius 1 is 1.15 bits per heavy atom. The predicted octanol–water partition coefficient (Wildman–Crippen LogP) is 4.82. The lowest BCUT2D eigenvalue weighted by molar-refractivity contribution is -0.137. The third-order valence-electron chi connectivity index (χ3n) is 3.68. The molecule has 0 aliphatic rings. The van der Waals surface area contributed by atoms with Crippen LogP contribution in [-0.2, 0) is 17.3 Å². The van der Waals surface area contributed by atoms with Crippen molar-refractivity contribution in [1.29, 1.82) is 0 Å². The normalized spacial score (nSPS) is 12.3. The minimum atomic E-state index is -4.45. The summed E-state index contributed by atoms with van der Waals surface area (Å²) in [4.78, 5) is 0. The van der Waals surface area contributed by atoms with Gasteiger partial charge in [-0.15, -0.1) is 0 Å². The smallest absolute Gasteiger partial charge is 0.416 e. The molecule has 3 nitrogen and oxygen atoms in total. The van der Waals surface area contributed by atoms with Crippen LogP contribution in [0.25, 0.3) is 5.03 Å². The first-order chi connectivity index (χ1) is 12.4. The van der Waals surface area contributed by atoms with Crippen LogP contribution in [0.5, 0.6) is 5.75 Å². The molecule has 0 radical (unpaired) electrons. The molecule has 0 aromatic heterocycles. The van der Waals surface area contributed by atoms with E-state index < -0.39 is 11.7 Å². The van der Waals surface area contributed by atoms with Crippen molar-refractivity contribution in [3.8, 4) is 5.75 Å². The Balaban J connectivity index is 2.42. The van der Waals surface area contributed by atoms with Crippen LogP contribution < -0.4 is 10.5 Å². The van der Waals surface area contributed by atoms with Crippen molar-refractivity contribution >= 4 is 16.6 Å². The Bertz CT molecular complexity index is 776. The van der Waals surface area contributed by atoms with E-state index >= 15 is 0 Å². The fourth-order valence-electron chi connectivity index (χ4n) is 2.46. The lowest BCUT2D eigenvalue weighted by atomic mass is 9.97. The second-order valence-electron chi connectivity index (χ2n) is 5.49. The van der Waals surface area contributed by atoms with Crippen molar-refractivity contribution in [2.45, 2.75) is 12.6 Å². The number of hydrogen-bond donors (Lipinski definition) is 1. The van der Waals surface area contributed by atoms with Gasteiger partial charge in [-0.1, -0.05) is 48.0 Å². The lowest BCUT2D eigenvalue weighted by Crippen LogP contribution is -2.08. The lowest BCUT2D eigenvalue weighted by Gasteiger charge is -2.16. The topological polar surface area (TPSA) is 44.5 Å². The molecule has 0 saturated carbocycles. The summed E-state index contributed by atoms with van der Waals surface area (Å²) in [6.45, 7) is 0.138. The molecule has 0 bridgehead atoms. The van der Waals surface area contributed by atoms with Gasteiger partial charge in [-0.2, -0.15) is 13.2 Å². The molecule has 0 saturated heterocycles. The average Bonchev–Trinajstić information content (AvgIpc) is 2.60. The third kappa shape index (κ3) is 5.24. The predicted molar refractivity (Wildman–Crippen MR) is 96.1 cm³/mol. The monoisotopic (exact) mass is 385 g/mol. The van der Waals surface area contributed by atoms with Gasteiger partial charge in [-0.3, -0.25) is 0 Å². The van der Waals surface area contributed by atoms with E-state index in [1.54, 1.807) is 6.08 Å². The number of ether oxygens (including phenoxy) is 2. The van der Waals surface area contributed by atoms with Crippen LogP contribution in [0.4, 0.5) is 13.2 Å². The molecule has 0 spiro atoms. The first-order valence-corrected chi connectivity index (χ1v) is 8.20. The van der Waals surface area contributed by atoms with E-state index in [1.807, 2.05) is 24.3 Å². The van der Waals surface area contributed by atoms with E-state index in [0.717, 1.165) is 23.3 Å². The first-order valence-electron chi connectivity index (χ1n) is 7.82. The molecule has 0 unspecified atom stereocenters. The van der Waals surface area contributed by atoms with E-state index in [4.69, 9.17) is 26.8 Å². The van der Waals surface area contributed by atoms with Gasteiger partial charge in [0.05, 0.1) is 5.56 Å². The Labute approximate surface area is 155 Å². The highest BCUT2D eigenvalue weighted by molar-refractivity contribution is 6.48. The third-order valence-corrected chi connectivity index (χ3v) is 4.04. The van der Waals surface area contributed by atoms with E-state index in [-0.39, 0.29) is 19.1 Å². The molecule has 0 heterocycles. The molecule has 0 fully saturated rings. The Hall–Kier alpha value is -2.02. The molecule has 2 rings (SSSR count). The molecule has 0 aliphatic carbocycles. The van der Waals surface area contributed by atoms with E-state index in [9.17, 15) is 13.2 Å². The molecular formula is C19H19ClF3NO2. The van der Waals surface area contributed by atoms with E-state index in [2.05, 4.69) is 0 Å². The summed E-state index contributed by atoms with van der Waals surface area (Å²) < 4.78 is 49.1. The van der Waals surface area contributed by atoms with Gasteiger partial charge in [0.25, 0.3) is 0 Å². The highest BCUT2D eigenvalue weighted by atomic mass is 35.5. The van der Waals surface area contributed by atoms with Gasteiger partial charge in [0, 0.05) is 25.1 Å². The maximum atomic E-state index is 13.0. The standard InChI is InChI=1S/C19H19ClF3NO2/c1-25-12-26-18-11-15(19(21,22)23)7-6-14(18)10-13-4-2-3-5-16(13)17(20)8-9-24/h2-8,11H,9-10,12,24H2,1H3/b17-8+. The van der Waals surface area contributed by atoms with Gasteiger partial charge in [-0.25, -0.2) is 0 Å². The number of alkyl halides is 3. The zero-order valence-corrected chi connectivity index (χ0v) is 14.9. The minimum absolute atomic E-state index is 0.121. The molecule has 0 atom stereocenters. The van der Waals surface area contributed by atoms with Crippen LogP contribution in [-0.4, -0.2) is 20.4 Å². The number of rotatable bonds is 7. The zero-order valence-electron chi connectivity index (χ0n) is 14.1. The van der Waals surface area contributed by atoms with Gasteiger partial charge < -0.3 is 15.2 Å². The van der Waals surface area contributed by atoms with Crippen LogP contribution in [0.15, 0.2) is 48.5 Å². The summed E-state index contributed by atoms with van der Waals surface area (Å²) in [6, 6.07) is 10.8. The fourth-order valence-corrected chi connectivity index (χ4v) is 2.73. The summed E-state index contributed by atoms with van der Waals surface area (Å²) in [7, 11) is 1.40. The van der Waals surface area contributed by atoms with Crippen molar-refractivity contribution in [2.24, 2.45) is 5.73 Å². The highest BCUT2D eigenvalue weighted by Crippen LogP contribution is 2.35. The van der Waals surface area contributed by atoms with Gasteiger partial charge in [0.2, 0.25) is 0 Å². The second kappa shape index (κ2) is 9.07. The number of methoxy groups -OCH3 is 1. The molecule has 26 heavy (non-hydrogen) atoms. The fraction of sp³-hybridized carbons (Fsp3) is 0.263. The SMILES string of the molecule is COCOc1cc(C(F)(F)F)ccc1Cc1ccccc1/C(Cl)=C\CN. The van der Waals surface area contributed by atoms with Crippen molar-refractivity contribution < 1.29 is 22.6 Å². The quantitative estimate of drug-likeness (QED) is 0.695. The van der Waals surface area contributed by atoms with Crippen LogP contribution in [0.1, 0.15) is 22.3 Å². The summed E-state index contributed by atoms with van der Waals surface area (Å²) >= 11 is 6.27. The van der Waals surface area contributed by atoms with Crippen LogP contribution in [0.2, 0.25) is 0 Å². The van der Waals surface area contributed by atoms with Crippen LogP contribution in [0.3, 0.4) is 0 Å². The maximum absolute atomic E-state index is 13.0. The Morgan fingerprint density at radius 3 is 2.54 bits per heavy atom. The summed E-state index contributed by atoms with van der Waals surface area (Å²) in [5.41, 5.74) is 6.95. The van der Waals surface area contributed by atoms with Gasteiger partial charge in [0.15, 0.2) is 6.79 Å². The largest absolute Gasteiger partial charge is 0.467 e. The summed E-state index contributed by atoms with van der Waals surface area (Å²) in [6.07, 6.45) is -2.42. The average molecular weight is 386 g/mol. The molecule has 2 N–H and O–H groups in total. The zero-order chi connectivity index (χ0) is 19.2. The van der Waals surface area contributed by atoms with Crippen molar-refractivity contribution in [1.82, 2.24) is 0 Å². The Morgan fingerprint density at radius 2 is 1.88 bits per heavy atom. The molecule has 2 aromatic carbocycles. The number of nitrogens with two attached hydrogens (primary N) is 1. The van der Waals surface area contributed by atoms with E-state index in [1.165, 1.54) is 13.2 Å². The first kappa shape index (κ1) is 20.3. The van der Waals surface area contributed by atoms with Crippen molar-refractivity contribution in [3.63, 3.8) is 0 Å². The number of benzene rings is 2. The number of hydrogen-bond acceptors (Lipinski definition) is 3. The number of halogens is 4. The molecule has 0 aliphatic heterocycles. The molecule has 140 valence electrons. The van der Waals surface area contributed by atoms with Crippen molar-refractivity contribution in [2.75, 3.05) is 20.4 Å². The van der Waals surface area contributed by atoms with Gasteiger partial charge in [0.1, 0.15) is 5.75 Å². The summed E-state index contributed by atoms with van der Waals surface area (Å²) in [5.74, 6) is 0.121. The van der Waals surface area contributed by atoms with Gasteiger partial charge in [-0.05, 0) is 28.8 Å². The maximum Gasteiger partial charge on any atom is 0.416 e. The van der Waals surface area contributed by atoms with Gasteiger partial charge >= 0.3 is 6.18 Å². The second-order valence-corrected chi connectivity index (χ2v) is 5.90.